The summed E-state index contributed by atoms with van der Waals surface area (Å²) in [5.41, 5.74) is 7.38. The van der Waals surface area contributed by atoms with Crippen molar-refractivity contribution >= 4 is 22.6 Å². The van der Waals surface area contributed by atoms with E-state index in [2.05, 4.69) is 4.98 Å². The molecule has 0 aliphatic rings. The van der Waals surface area contributed by atoms with Crippen molar-refractivity contribution in [2.45, 2.75) is 6.92 Å². The van der Waals surface area contributed by atoms with Crippen LogP contribution in [0.15, 0.2) is 30.3 Å². The summed E-state index contributed by atoms with van der Waals surface area (Å²) in [5.74, 6) is -0.402. The first-order valence-electron chi connectivity index (χ1n) is 5.04. The Labute approximate surface area is 93.0 Å². The van der Waals surface area contributed by atoms with Crippen molar-refractivity contribution in [3.63, 3.8) is 0 Å². The summed E-state index contributed by atoms with van der Waals surface area (Å²) in [6.07, 6.45) is 0. The second kappa shape index (κ2) is 4.18. The number of aromatic nitrogens is 1. The average Bonchev–Trinajstić information content (AvgIpc) is 2.28. The number of esters is 1. The number of rotatable bonds is 2. The van der Waals surface area contributed by atoms with E-state index >= 15 is 0 Å². The van der Waals surface area contributed by atoms with Gasteiger partial charge in [0.2, 0.25) is 0 Å². The normalized spacial score (nSPS) is 10.3. The third-order valence-corrected chi connectivity index (χ3v) is 2.20. The lowest BCUT2D eigenvalue weighted by Crippen LogP contribution is -2.06. The van der Waals surface area contributed by atoms with Crippen molar-refractivity contribution < 1.29 is 9.53 Å². The molecule has 0 bridgehead atoms. The van der Waals surface area contributed by atoms with Crippen LogP contribution in [0.3, 0.4) is 0 Å². The first-order chi connectivity index (χ1) is 7.70. The molecule has 16 heavy (non-hydrogen) atoms. The Kier molecular flexibility index (Phi) is 2.72. The molecular formula is C12H12N2O2. The number of nitrogens with zero attached hydrogens (tertiary/aromatic N) is 1. The molecule has 2 rings (SSSR count). The lowest BCUT2D eigenvalue weighted by atomic mass is 10.2. The standard InChI is InChI=1S/C12H12N2O2/c1-2-16-12(15)11-5-3-8-7-9(13)4-6-10(8)14-11/h3-7H,2,13H2,1H3. The van der Waals surface area contributed by atoms with E-state index in [9.17, 15) is 4.79 Å². The fraction of sp³-hybridized carbons (Fsp3) is 0.167. The molecule has 2 aromatic rings. The average molecular weight is 216 g/mol. The molecular weight excluding hydrogens is 204 g/mol. The number of nitrogens with two attached hydrogens (primary N) is 1. The molecule has 4 nitrogen and oxygen atoms in total. The van der Waals surface area contributed by atoms with Crippen LogP contribution in [-0.2, 0) is 4.74 Å². The van der Waals surface area contributed by atoms with Crippen LogP contribution in [0.2, 0.25) is 0 Å². The largest absolute Gasteiger partial charge is 0.461 e. The molecule has 0 spiro atoms. The Bertz CT molecular complexity index is 538. The summed E-state index contributed by atoms with van der Waals surface area (Å²) in [7, 11) is 0. The van der Waals surface area contributed by atoms with E-state index < -0.39 is 5.97 Å². The highest BCUT2D eigenvalue weighted by Gasteiger charge is 2.08. The van der Waals surface area contributed by atoms with Crippen LogP contribution in [0.25, 0.3) is 10.9 Å². The first-order valence-corrected chi connectivity index (χ1v) is 5.04. The second-order valence-corrected chi connectivity index (χ2v) is 3.37. The molecule has 0 aliphatic heterocycles. The molecule has 0 atom stereocenters. The molecule has 4 heteroatoms. The SMILES string of the molecule is CCOC(=O)c1ccc2cc(N)ccc2n1. The fourth-order valence-corrected chi connectivity index (χ4v) is 1.46. The van der Waals surface area contributed by atoms with E-state index in [1.807, 2.05) is 12.1 Å². The van der Waals surface area contributed by atoms with Gasteiger partial charge in [0.15, 0.2) is 0 Å². The van der Waals surface area contributed by atoms with E-state index in [1.54, 1.807) is 25.1 Å². The molecule has 0 amide bonds. The van der Waals surface area contributed by atoms with Gasteiger partial charge in [0.25, 0.3) is 0 Å². The monoisotopic (exact) mass is 216 g/mol. The predicted octanol–water partition coefficient (Wildman–Crippen LogP) is 1.99. The van der Waals surface area contributed by atoms with Gasteiger partial charge in [0, 0.05) is 11.1 Å². The van der Waals surface area contributed by atoms with Crippen LogP contribution in [-0.4, -0.2) is 17.6 Å². The summed E-state index contributed by atoms with van der Waals surface area (Å²) < 4.78 is 4.87. The van der Waals surface area contributed by atoms with Crippen molar-refractivity contribution in [2.24, 2.45) is 0 Å². The van der Waals surface area contributed by atoms with Crippen LogP contribution in [0, 0.1) is 0 Å². The van der Waals surface area contributed by atoms with Crippen LogP contribution >= 0.6 is 0 Å². The van der Waals surface area contributed by atoms with E-state index in [0.717, 1.165) is 10.9 Å². The summed E-state index contributed by atoms with van der Waals surface area (Å²) >= 11 is 0. The molecule has 0 saturated heterocycles. The number of pyridine rings is 1. The minimum absolute atomic E-state index is 0.319. The number of ether oxygens (including phenoxy) is 1. The zero-order valence-corrected chi connectivity index (χ0v) is 8.93. The van der Waals surface area contributed by atoms with E-state index in [1.165, 1.54) is 0 Å². The van der Waals surface area contributed by atoms with Crippen LogP contribution in [0.4, 0.5) is 5.69 Å². The third kappa shape index (κ3) is 1.95. The number of nitrogen functional groups attached to an aromatic ring is 1. The lowest BCUT2D eigenvalue weighted by Gasteiger charge is -2.03. The smallest absolute Gasteiger partial charge is 0.356 e. The van der Waals surface area contributed by atoms with Gasteiger partial charge in [-0.25, -0.2) is 9.78 Å². The maximum atomic E-state index is 11.4. The lowest BCUT2D eigenvalue weighted by molar-refractivity contribution is 0.0520. The summed E-state index contributed by atoms with van der Waals surface area (Å²) in [4.78, 5) is 15.7. The number of fused-ring (bicyclic) bond motifs is 1. The van der Waals surface area contributed by atoms with Crippen LogP contribution in [0.1, 0.15) is 17.4 Å². The number of anilines is 1. The summed E-state index contributed by atoms with van der Waals surface area (Å²) in [5, 5.41) is 0.910. The van der Waals surface area contributed by atoms with Gasteiger partial charge in [0.05, 0.1) is 12.1 Å². The molecule has 1 heterocycles. The topological polar surface area (TPSA) is 65.2 Å². The Morgan fingerprint density at radius 1 is 1.38 bits per heavy atom. The Hall–Kier alpha value is -2.10. The molecule has 0 saturated carbocycles. The molecule has 0 fully saturated rings. The highest BCUT2D eigenvalue weighted by Crippen LogP contribution is 2.16. The van der Waals surface area contributed by atoms with Crippen molar-refractivity contribution in [2.75, 3.05) is 12.3 Å². The first kappa shape index (κ1) is 10.4. The van der Waals surface area contributed by atoms with Gasteiger partial charge in [-0.3, -0.25) is 0 Å². The van der Waals surface area contributed by atoms with E-state index in [0.29, 0.717) is 18.0 Å². The van der Waals surface area contributed by atoms with Crippen LogP contribution < -0.4 is 5.73 Å². The Morgan fingerprint density at radius 2 is 2.19 bits per heavy atom. The van der Waals surface area contributed by atoms with Gasteiger partial charge in [-0.2, -0.15) is 0 Å². The molecule has 1 aromatic heterocycles. The number of carbonyl (C=O) groups is 1. The van der Waals surface area contributed by atoms with Crippen molar-refractivity contribution in [1.82, 2.24) is 4.98 Å². The van der Waals surface area contributed by atoms with Crippen molar-refractivity contribution in [1.29, 1.82) is 0 Å². The van der Waals surface area contributed by atoms with Crippen LogP contribution in [0.5, 0.6) is 0 Å². The molecule has 82 valence electrons. The Balaban J connectivity index is 2.44. The highest BCUT2D eigenvalue weighted by atomic mass is 16.5. The zero-order valence-electron chi connectivity index (χ0n) is 8.93. The van der Waals surface area contributed by atoms with Crippen molar-refractivity contribution in [3.8, 4) is 0 Å². The van der Waals surface area contributed by atoms with Gasteiger partial charge < -0.3 is 10.5 Å². The molecule has 0 aliphatic carbocycles. The fourth-order valence-electron chi connectivity index (χ4n) is 1.46. The van der Waals surface area contributed by atoms with E-state index in [4.69, 9.17) is 10.5 Å². The van der Waals surface area contributed by atoms with Gasteiger partial charge in [-0.05, 0) is 31.2 Å². The van der Waals surface area contributed by atoms with Gasteiger partial charge in [0.1, 0.15) is 5.69 Å². The van der Waals surface area contributed by atoms with Gasteiger partial charge in [-0.1, -0.05) is 6.07 Å². The minimum atomic E-state index is -0.402. The Morgan fingerprint density at radius 3 is 2.94 bits per heavy atom. The highest BCUT2D eigenvalue weighted by molar-refractivity contribution is 5.91. The maximum Gasteiger partial charge on any atom is 0.356 e. The third-order valence-electron chi connectivity index (χ3n) is 2.20. The predicted molar refractivity (Wildman–Crippen MR) is 62.1 cm³/mol. The quantitative estimate of drug-likeness (QED) is 0.616. The summed E-state index contributed by atoms with van der Waals surface area (Å²) in [6.45, 7) is 2.11. The molecule has 1 aromatic carbocycles. The summed E-state index contributed by atoms with van der Waals surface area (Å²) in [6, 6.07) is 8.81. The van der Waals surface area contributed by atoms with Gasteiger partial charge >= 0.3 is 5.97 Å². The molecule has 2 N–H and O–H groups in total. The van der Waals surface area contributed by atoms with Crippen molar-refractivity contribution in [3.05, 3.63) is 36.0 Å². The van der Waals surface area contributed by atoms with E-state index in [-0.39, 0.29) is 0 Å². The van der Waals surface area contributed by atoms with Gasteiger partial charge in [-0.15, -0.1) is 0 Å². The zero-order chi connectivity index (χ0) is 11.5. The number of hydrogen-bond acceptors (Lipinski definition) is 4. The number of carbonyl (C=O) groups excluding carboxylic acids is 1. The number of benzene rings is 1. The second-order valence-electron chi connectivity index (χ2n) is 3.37. The number of hydrogen-bond donors (Lipinski definition) is 1. The maximum absolute atomic E-state index is 11.4. The minimum Gasteiger partial charge on any atom is -0.461 e. The molecule has 0 radical (unpaired) electrons. The molecule has 0 unspecified atom stereocenters.